The first-order valence-electron chi connectivity index (χ1n) is 6.52. The summed E-state index contributed by atoms with van der Waals surface area (Å²) in [6.45, 7) is 1.49. The van der Waals surface area contributed by atoms with E-state index in [1.165, 1.54) is 25.1 Å². The van der Waals surface area contributed by atoms with Crippen LogP contribution >= 0.6 is 0 Å². The molecule has 0 bridgehead atoms. The lowest BCUT2D eigenvalue weighted by atomic mass is 10.1. The van der Waals surface area contributed by atoms with Gasteiger partial charge in [-0.05, 0) is 25.5 Å². The fourth-order valence-electron chi connectivity index (χ4n) is 1.92. The van der Waals surface area contributed by atoms with E-state index in [0.29, 0.717) is 0 Å². The Hall–Kier alpha value is -2.44. The van der Waals surface area contributed by atoms with Crippen LogP contribution in [-0.2, 0) is 14.4 Å². The molecule has 0 aliphatic carbocycles. The second kappa shape index (κ2) is 6.34. The van der Waals surface area contributed by atoms with Gasteiger partial charge in [0.25, 0.3) is 5.91 Å². The van der Waals surface area contributed by atoms with E-state index in [1.54, 1.807) is 0 Å². The maximum Gasteiger partial charge on any atom is 0.261 e. The molecule has 1 aliphatic rings. The summed E-state index contributed by atoms with van der Waals surface area (Å²) < 4.78 is 18.3. The van der Waals surface area contributed by atoms with Crippen LogP contribution in [0, 0.1) is 5.82 Å². The second-order valence-electron chi connectivity index (χ2n) is 4.73. The van der Waals surface area contributed by atoms with Gasteiger partial charge < -0.3 is 10.1 Å². The zero-order valence-electron chi connectivity index (χ0n) is 11.4. The zero-order valence-corrected chi connectivity index (χ0v) is 11.4. The second-order valence-corrected chi connectivity index (χ2v) is 4.73. The topological polar surface area (TPSA) is 84.5 Å². The third kappa shape index (κ3) is 4.01. The van der Waals surface area contributed by atoms with E-state index >= 15 is 0 Å². The highest BCUT2D eigenvalue weighted by atomic mass is 19.1. The summed E-state index contributed by atoms with van der Waals surface area (Å²) in [5, 5.41) is 4.65. The molecule has 2 unspecified atom stereocenters. The lowest BCUT2D eigenvalue weighted by molar-refractivity contribution is -0.138. The predicted octanol–water partition coefficient (Wildman–Crippen LogP) is 0.514. The highest BCUT2D eigenvalue weighted by Gasteiger charge is 2.29. The maximum absolute atomic E-state index is 13.0. The molecule has 2 rings (SSSR count). The number of amides is 3. The van der Waals surface area contributed by atoms with Crippen LogP contribution in [0.2, 0.25) is 0 Å². The van der Waals surface area contributed by atoms with Crippen LogP contribution in [0.1, 0.15) is 19.8 Å². The zero-order chi connectivity index (χ0) is 15.4. The number of piperidine rings is 1. The van der Waals surface area contributed by atoms with Gasteiger partial charge in [-0.15, -0.1) is 0 Å². The Morgan fingerprint density at radius 2 is 2.24 bits per heavy atom. The average Bonchev–Trinajstić information content (AvgIpc) is 2.41. The summed E-state index contributed by atoms with van der Waals surface area (Å²) in [4.78, 5) is 34.5. The molecule has 7 heteroatoms. The van der Waals surface area contributed by atoms with Crippen molar-refractivity contribution in [2.75, 3.05) is 0 Å². The lowest BCUT2D eigenvalue weighted by Crippen LogP contribution is -2.54. The summed E-state index contributed by atoms with van der Waals surface area (Å²) in [6.07, 6.45) is -0.462. The van der Waals surface area contributed by atoms with Crippen molar-refractivity contribution in [1.29, 1.82) is 0 Å². The van der Waals surface area contributed by atoms with Crippen LogP contribution < -0.4 is 15.4 Å². The fraction of sp³-hybridized carbons (Fsp3) is 0.357. The molecule has 6 nitrogen and oxygen atoms in total. The lowest BCUT2D eigenvalue weighted by Gasteiger charge is -2.23. The molecule has 1 aromatic rings. The molecule has 1 fully saturated rings. The molecule has 2 atom stereocenters. The SMILES string of the molecule is CC(Oc1cccc(F)c1)C(=O)NC1CCC(=O)NC1=O. The van der Waals surface area contributed by atoms with Crippen molar-refractivity contribution >= 4 is 17.7 Å². The first kappa shape index (κ1) is 15.0. The Morgan fingerprint density at radius 1 is 1.48 bits per heavy atom. The van der Waals surface area contributed by atoms with E-state index in [4.69, 9.17) is 4.74 Å². The van der Waals surface area contributed by atoms with E-state index in [-0.39, 0.29) is 24.5 Å². The number of ether oxygens (including phenoxy) is 1. The van der Waals surface area contributed by atoms with Gasteiger partial charge in [-0.1, -0.05) is 6.07 Å². The number of hydrogen-bond acceptors (Lipinski definition) is 4. The Bertz CT molecular complexity index is 576. The Kier molecular flexibility index (Phi) is 4.52. The van der Waals surface area contributed by atoms with E-state index in [2.05, 4.69) is 10.6 Å². The van der Waals surface area contributed by atoms with Gasteiger partial charge in [-0.3, -0.25) is 19.7 Å². The van der Waals surface area contributed by atoms with Crippen LogP contribution in [0.3, 0.4) is 0 Å². The van der Waals surface area contributed by atoms with E-state index in [0.717, 1.165) is 6.07 Å². The van der Waals surface area contributed by atoms with Crippen LogP contribution in [0.15, 0.2) is 24.3 Å². The quantitative estimate of drug-likeness (QED) is 0.793. The largest absolute Gasteiger partial charge is 0.481 e. The van der Waals surface area contributed by atoms with Crippen molar-refractivity contribution in [3.05, 3.63) is 30.1 Å². The summed E-state index contributed by atoms with van der Waals surface area (Å²) in [6, 6.07) is 4.67. The molecule has 21 heavy (non-hydrogen) atoms. The average molecular weight is 294 g/mol. The highest BCUT2D eigenvalue weighted by molar-refractivity contribution is 6.01. The molecule has 2 N–H and O–H groups in total. The van der Waals surface area contributed by atoms with Gasteiger partial charge in [-0.25, -0.2) is 4.39 Å². The summed E-state index contributed by atoms with van der Waals surface area (Å²) >= 11 is 0. The molecule has 1 heterocycles. The van der Waals surface area contributed by atoms with Crippen molar-refractivity contribution in [3.63, 3.8) is 0 Å². The third-order valence-corrected chi connectivity index (χ3v) is 3.03. The Labute approximate surface area is 120 Å². The fourth-order valence-corrected chi connectivity index (χ4v) is 1.92. The van der Waals surface area contributed by atoms with Gasteiger partial charge in [-0.2, -0.15) is 0 Å². The van der Waals surface area contributed by atoms with Crippen LogP contribution in [0.5, 0.6) is 5.75 Å². The summed E-state index contributed by atoms with van der Waals surface area (Å²) in [5.74, 6) is -1.63. The minimum absolute atomic E-state index is 0.176. The van der Waals surface area contributed by atoms with Crippen LogP contribution in [0.25, 0.3) is 0 Å². The van der Waals surface area contributed by atoms with Crippen molar-refractivity contribution in [2.45, 2.75) is 31.9 Å². The number of nitrogens with one attached hydrogen (secondary N) is 2. The number of hydrogen-bond donors (Lipinski definition) is 2. The number of imide groups is 1. The number of rotatable bonds is 4. The molecular weight excluding hydrogens is 279 g/mol. The molecule has 0 spiro atoms. The van der Waals surface area contributed by atoms with Gasteiger partial charge in [0.2, 0.25) is 11.8 Å². The molecular formula is C14H15FN2O4. The summed E-state index contributed by atoms with van der Waals surface area (Å²) in [5.41, 5.74) is 0. The number of carbonyl (C=O) groups excluding carboxylic acids is 3. The minimum Gasteiger partial charge on any atom is -0.481 e. The summed E-state index contributed by atoms with van der Waals surface area (Å²) in [7, 11) is 0. The van der Waals surface area contributed by atoms with Crippen molar-refractivity contribution in [2.24, 2.45) is 0 Å². The first-order valence-corrected chi connectivity index (χ1v) is 6.52. The molecule has 1 aromatic carbocycles. The van der Waals surface area contributed by atoms with Gasteiger partial charge in [0.15, 0.2) is 6.10 Å². The number of benzene rings is 1. The number of halogens is 1. The molecule has 1 saturated heterocycles. The minimum atomic E-state index is -0.891. The maximum atomic E-state index is 13.0. The van der Waals surface area contributed by atoms with Crippen LogP contribution in [-0.4, -0.2) is 29.9 Å². The van der Waals surface area contributed by atoms with Crippen molar-refractivity contribution < 1.29 is 23.5 Å². The van der Waals surface area contributed by atoms with Crippen molar-refractivity contribution in [1.82, 2.24) is 10.6 Å². The molecule has 3 amide bonds. The van der Waals surface area contributed by atoms with Crippen LogP contribution in [0.4, 0.5) is 4.39 Å². The van der Waals surface area contributed by atoms with Gasteiger partial charge >= 0.3 is 0 Å². The third-order valence-electron chi connectivity index (χ3n) is 3.03. The Balaban J connectivity index is 1.90. The van der Waals surface area contributed by atoms with E-state index in [9.17, 15) is 18.8 Å². The Morgan fingerprint density at radius 3 is 2.90 bits per heavy atom. The molecule has 1 aliphatic heterocycles. The predicted molar refractivity (Wildman–Crippen MR) is 70.8 cm³/mol. The molecule has 112 valence electrons. The standard InChI is InChI=1S/C14H15FN2O4/c1-8(21-10-4-2-3-9(15)7-10)13(19)16-11-5-6-12(18)17-14(11)20/h2-4,7-8,11H,5-6H2,1H3,(H,16,19)(H,17,18,20). The van der Waals surface area contributed by atoms with E-state index < -0.39 is 29.8 Å². The monoisotopic (exact) mass is 294 g/mol. The van der Waals surface area contributed by atoms with Gasteiger partial charge in [0.05, 0.1) is 0 Å². The van der Waals surface area contributed by atoms with Gasteiger partial charge in [0, 0.05) is 12.5 Å². The first-order chi connectivity index (χ1) is 9.95. The van der Waals surface area contributed by atoms with E-state index in [1.807, 2.05) is 0 Å². The molecule has 0 saturated carbocycles. The highest BCUT2D eigenvalue weighted by Crippen LogP contribution is 2.14. The molecule has 0 radical (unpaired) electrons. The normalized spacial score (nSPS) is 19.6. The molecule has 0 aromatic heterocycles. The van der Waals surface area contributed by atoms with Crippen molar-refractivity contribution in [3.8, 4) is 5.75 Å². The smallest absolute Gasteiger partial charge is 0.261 e. The van der Waals surface area contributed by atoms with Gasteiger partial charge in [0.1, 0.15) is 17.6 Å². The number of carbonyl (C=O) groups is 3.